The van der Waals surface area contributed by atoms with Gasteiger partial charge in [-0.3, -0.25) is 0 Å². The monoisotopic (exact) mass is 328 g/mol. The van der Waals surface area contributed by atoms with Crippen molar-refractivity contribution in [2.45, 2.75) is 30.9 Å². The van der Waals surface area contributed by atoms with Crippen LogP contribution in [0.3, 0.4) is 0 Å². The highest BCUT2D eigenvalue weighted by molar-refractivity contribution is 7.89. The number of nitrogens with two attached hydrogens (primary N) is 1. The van der Waals surface area contributed by atoms with Crippen LogP contribution in [0.2, 0.25) is 5.02 Å². The summed E-state index contributed by atoms with van der Waals surface area (Å²) in [7, 11) is -3.71. The molecule has 0 bridgehead atoms. The van der Waals surface area contributed by atoms with Crippen molar-refractivity contribution in [2.24, 2.45) is 5.73 Å². The van der Waals surface area contributed by atoms with Crippen LogP contribution in [-0.2, 0) is 10.0 Å². The molecule has 110 valence electrons. The lowest BCUT2D eigenvalue weighted by Crippen LogP contribution is -2.43. The van der Waals surface area contributed by atoms with Crippen LogP contribution in [0.1, 0.15) is 12.5 Å². The number of aliphatic hydroxyl groups excluding tert-OH is 1. The summed E-state index contributed by atoms with van der Waals surface area (Å²) in [5.41, 5.74) is 6.43. The minimum atomic E-state index is -3.71. The predicted molar refractivity (Wildman–Crippen MR) is 78.3 cm³/mol. The first-order valence-corrected chi connectivity index (χ1v) is 7.29. The van der Waals surface area contributed by atoms with Crippen molar-refractivity contribution in [2.75, 3.05) is 6.54 Å². The third kappa shape index (κ3) is 5.25. The number of halogens is 2. The van der Waals surface area contributed by atoms with Crippen LogP contribution in [0.25, 0.3) is 0 Å². The van der Waals surface area contributed by atoms with Crippen molar-refractivity contribution in [3.63, 3.8) is 0 Å². The van der Waals surface area contributed by atoms with Crippen LogP contribution in [0.4, 0.5) is 0 Å². The molecule has 0 radical (unpaired) electrons. The minimum absolute atomic E-state index is 0. The minimum Gasteiger partial charge on any atom is -0.392 e. The number of benzene rings is 1. The summed E-state index contributed by atoms with van der Waals surface area (Å²) in [5.74, 6) is 0. The van der Waals surface area contributed by atoms with E-state index in [-0.39, 0.29) is 28.9 Å². The number of aliphatic hydroxyl groups is 1. The molecule has 0 fully saturated rings. The van der Waals surface area contributed by atoms with Gasteiger partial charge in [0.05, 0.1) is 11.1 Å². The predicted octanol–water partition coefficient (Wildman–Crippen LogP) is 1.06. The van der Waals surface area contributed by atoms with Gasteiger partial charge in [0.15, 0.2) is 0 Å². The maximum Gasteiger partial charge on any atom is 0.242 e. The largest absolute Gasteiger partial charge is 0.392 e. The van der Waals surface area contributed by atoms with E-state index in [1.54, 1.807) is 12.1 Å². The molecule has 2 atom stereocenters. The summed E-state index contributed by atoms with van der Waals surface area (Å²) in [6.45, 7) is 3.26. The molecule has 1 rings (SSSR count). The van der Waals surface area contributed by atoms with E-state index in [4.69, 9.17) is 17.3 Å². The molecule has 0 aromatic heterocycles. The van der Waals surface area contributed by atoms with Crippen molar-refractivity contribution >= 4 is 34.0 Å². The SMILES string of the molecule is Cc1ccc(S(=O)(=O)NCC(N)C(C)O)c(Cl)c1.Cl. The van der Waals surface area contributed by atoms with Crippen LogP contribution < -0.4 is 10.5 Å². The molecule has 1 aromatic carbocycles. The Balaban J connectivity index is 0.00000324. The number of hydrogen-bond donors (Lipinski definition) is 3. The van der Waals surface area contributed by atoms with Crippen molar-refractivity contribution in [1.29, 1.82) is 0 Å². The average molecular weight is 329 g/mol. The highest BCUT2D eigenvalue weighted by Gasteiger charge is 2.19. The first-order chi connectivity index (χ1) is 8.24. The standard InChI is InChI=1S/C11H17ClN2O3S.ClH/c1-7-3-4-11(9(12)5-7)18(16,17)14-6-10(13)8(2)15;/h3-5,8,10,14-15H,6,13H2,1-2H3;1H. The summed E-state index contributed by atoms with van der Waals surface area (Å²) in [6.07, 6.45) is -0.791. The molecule has 0 saturated heterocycles. The zero-order valence-corrected chi connectivity index (χ0v) is 13.0. The van der Waals surface area contributed by atoms with E-state index in [9.17, 15) is 13.5 Å². The van der Waals surface area contributed by atoms with Gasteiger partial charge in [-0.25, -0.2) is 13.1 Å². The molecule has 19 heavy (non-hydrogen) atoms. The van der Waals surface area contributed by atoms with Crippen LogP contribution in [-0.4, -0.2) is 32.2 Å². The average Bonchev–Trinajstić information content (AvgIpc) is 2.25. The van der Waals surface area contributed by atoms with Gasteiger partial charge in [-0.2, -0.15) is 0 Å². The van der Waals surface area contributed by atoms with E-state index in [0.717, 1.165) is 5.56 Å². The molecule has 8 heteroatoms. The molecule has 5 nitrogen and oxygen atoms in total. The van der Waals surface area contributed by atoms with Gasteiger partial charge >= 0.3 is 0 Å². The van der Waals surface area contributed by atoms with Crippen LogP contribution >= 0.6 is 24.0 Å². The van der Waals surface area contributed by atoms with Gasteiger partial charge in [0.25, 0.3) is 0 Å². The number of aryl methyl sites for hydroxylation is 1. The van der Waals surface area contributed by atoms with E-state index >= 15 is 0 Å². The zero-order chi connectivity index (χ0) is 13.9. The number of nitrogens with one attached hydrogen (secondary N) is 1. The first kappa shape index (κ1) is 18.6. The van der Waals surface area contributed by atoms with Crippen molar-refractivity contribution in [1.82, 2.24) is 4.72 Å². The van der Waals surface area contributed by atoms with Gasteiger partial charge in [0.2, 0.25) is 10.0 Å². The fraction of sp³-hybridized carbons (Fsp3) is 0.455. The summed E-state index contributed by atoms with van der Waals surface area (Å²) in [5, 5.41) is 9.35. The molecule has 0 saturated carbocycles. The molecular weight excluding hydrogens is 311 g/mol. The number of hydrogen-bond acceptors (Lipinski definition) is 4. The lowest BCUT2D eigenvalue weighted by atomic mass is 10.2. The van der Waals surface area contributed by atoms with Gasteiger partial charge in [0.1, 0.15) is 4.90 Å². The molecule has 0 aliphatic heterocycles. The smallest absolute Gasteiger partial charge is 0.242 e. The third-order valence-corrected chi connectivity index (χ3v) is 4.41. The Morgan fingerprint density at radius 3 is 2.53 bits per heavy atom. The summed E-state index contributed by atoms with van der Waals surface area (Å²) >= 11 is 5.89. The summed E-state index contributed by atoms with van der Waals surface area (Å²) in [6, 6.07) is 4.01. The third-order valence-electron chi connectivity index (χ3n) is 2.51. The summed E-state index contributed by atoms with van der Waals surface area (Å²) < 4.78 is 26.2. The molecular formula is C11H18Cl2N2O3S. The highest BCUT2D eigenvalue weighted by Crippen LogP contribution is 2.22. The fourth-order valence-corrected chi connectivity index (χ4v) is 2.95. The maximum atomic E-state index is 12.0. The van der Waals surface area contributed by atoms with Gasteiger partial charge in [0, 0.05) is 12.6 Å². The Bertz CT molecular complexity index is 521. The second-order valence-corrected chi connectivity index (χ2v) is 6.33. The quantitative estimate of drug-likeness (QED) is 0.753. The van der Waals surface area contributed by atoms with Crippen molar-refractivity contribution in [3.05, 3.63) is 28.8 Å². The lowest BCUT2D eigenvalue weighted by molar-refractivity contribution is 0.164. The highest BCUT2D eigenvalue weighted by atomic mass is 35.5. The Morgan fingerprint density at radius 1 is 1.47 bits per heavy atom. The van der Waals surface area contributed by atoms with Crippen LogP contribution in [0.5, 0.6) is 0 Å². The van der Waals surface area contributed by atoms with E-state index in [1.165, 1.54) is 13.0 Å². The molecule has 0 aliphatic carbocycles. The molecule has 4 N–H and O–H groups in total. The topological polar surface area (TPSA) is 92.4 Å². The van der Waals surface area contributed by atoms with Crippen molar-refractivity contribution in [3.8, 4) is 0 Å². The Morgan fingerprint density at radius 2 is 2.05 bits per heavy atom. The van der Waals surface area contributed by atoms with Gasteiger partial charge in [-0.1, -0.05) is 17.7 Å². The van der Waals surface area contributed by atoms with Crippen molar-refractivity contribution < 1.29 is 13.5 Å². The zero-order valence-electron chi connectivity index (χ0n) is 10.6. The van der Waals surface area contributed by atoms with Crippen LogP contribution in [0.15, 0.2) is 23.1 Å². The molecule has 1 aromatic rings. The van der Waals surface area contributed by atoms with Crippen LogP contribution in [0, 0.1) is 6.92 Å². The molecule has 2 unspecified atom stereocenters. The second kappa shape index (κ2) is 7.42. The Labute approximate surface area is 124 Å². The Hall–Kier alpha value is -0.370. The second-order valence-electron chi connectivity index (χ2n) is 4.19. The van der Waals surface area contributed by atoms with E-state index in [2.05, 4.69) is 4.72 Å². The maximum absolute atomic E-state index is 12.0. The Kier molecular flexibility index (Phi) is 7.28. The molecule has 0 aliphatic rings. The molecule has 0 amide bonds. The van der Waals surface area contributed by atoms with Gasteiger partial charge in [-0.05, 0) is 31.5 Å². The number of sulfonamides is 1. The van der Waals surface area contributed by atoms with E-state index in [0.29, 0.717) is 0 Å². The van der Waals surface area contributed by atoms with E-state index in [1.807, 2.05) is 6.92 Å². The number of rotatable bonds is 5. The lowest BCUT2D eigenvalue weighted by Gasteiger charge is -2.16. The first-order valence-electron chi connectivity index (χ1n) is 5.43. The van der Waals surface area contributed by atoms with Gasteiger partial charge < -0.3 is 10.8 Å². The molecule has 0 heterocycles. The van der Waals surface area contributed by atoms with E-state index < -0.39 is 22.2 Å². The summed E-state index contributed by atoms with van der Waals surface area (Å²) in [4.78, 5) is 0.00700. The molecule has 0 spiro atoms. The normalized spacial score (nSPS) is 14.6. The van der Waals surface area contributed by atoms with Gasteiger partial charge in [-0.15, -0.1) is 12.4 Å². The fourth-order valence-electron chi connectivity index (χ4n) is 1.28.